The zero-order valence-electron chi connectivity index (χ0n) is 10.4. The summed E-state index contributed by atoms with van der Waals surface area (Å²) in [5, 5.41) is 11.3. The highest BCUT2D eigenvalue weighted by atomic mass is 16.4. The first-order valence-corrected chi connectivity index (χ1v) is 6.26. The number of carbonyl (C=O) groups excluding carboxylic acids is 1. The molecule has 1 saturated heterocycles. The molecule has 0 aromatic rings. The minimum atomic E-state index is -0.715. The van der Waals surface area contributed by atoms with Crippen molar-refractivity contribution >= 4 is 11.9 Å². The van der Waals surface area contributed by atoms with Crippen LogP contribution >= 0.6 is 0 Å². The van der Waals surface area contributed by atoms with Crippen LogP contribution in [0.25, 0.3) is 0 Å². The average molecular weight is 242 g/mol. The zero-order valence-corrected chi connectivity index (χ0v) is 10.4. The van der Waals surface area contributed by atoms with Crippen molar-refractivity contribution in [2.45, 2.75) is 32.1 Å². The summed E-state index contributed by atoms with van der Waals surface area (Å²) >= 11 is 0. The molecule has 1 aliphatic rings. The van der Waals surface area contributed by atoms with Gasteiger partial charge in [-0.3, -0.25) is 9.59 Å². The summed E-state index contributed by atoms with van der Waals surface area (Å²) in [6.07, 6.45) is 3.77. The Kier molecular flexibility index (Phi) is 5.97. The molecule has 0 saturated carbocycles. The van der Waals surface area contributed by atoms with Crippen LogP contribution in [0.1, 0.15) is 32.1 Å². The number of hydrogen-bond acceptors (Lipinski definition) is 3. The molecule has 1 aliphatic heterocycles. The number of nitrogens with zero attached hydrogens (tertiary/aromatic N) is 1. The lowest BCUT2D eigenvalue weighted by Gasteiger charge is -2.32. The molecule has 1 unspecified atom stereocenters. The zero-order chi connectivity index (χ0) is 12.7. The van der Waals surface area contributed by atoms with Crippen LogP contribution in [0.2, 0.25) is 0 Å². The molecular formula is C12H22N2O3. The Morgan fingerprint density at radius 2 is 2.18 bits per heavy atom. The molecule has 0 aromatic carbocycles. The van der Waals surface area contributed by atoms with E-state index in [1.807, 2.05) is 0 Å². The number of aliphatic carboxylic acids is 1. The summed E-state index contributed by atoms with van der Waals surface area (Å²) < 4.78 is 0. The van der Waals surface area contributed by atoms with Gasteiger partial charge in [0.2, 0.25) is 5.91 Å². The van der Waals surface area contributed by atoms with Crippen molar-refractivity contribution in [3.05, 3.63) is 0 Å². The van der Waals surface area contributed by atoms with Crippen LogP contribution in [0.5, 0.6) is 0 Å². The highest BCUT2D eigenvalue weighted by Crippen LogP contribution is 2.20. The van der Waals surface area contributed by atoms with E-state index in [0.717, 1.165) is 38.9 Å². The Hall–Kier alpha value is -1.10. The van der Waals surface area contributed by atoms with Crippen molar-refractivity contribution in [1.82, 2.24) is 10.2 Å². The number of likely N-dealkylation sites (tertiary alicyclic amines) is 1. The van der Waals surface area contributed by atoms with Gasteiger partial charge in [-0.2, -0.15) is 0 Å². The molecule has 1 rings (SSSR count). The fourth-order valence-corrected chi connectivity index (χ4v) is 2.30. The van der Waals surface area contributed by atoms with E-state index in [1.165, 1.54) is 0 Å². The number of amides is 1. The molecule has 0 spiro atoms. The normalized spacial score (nSPS) is 21.1. The van der Waals surface area contributed by atoms with E-state index in [1.54, 1.807) is 7.05 Å². The van der Waals surface area contributed by atoms with Crippen LogP contribution in [0.3, 0.4) is 0 Å². The Labute approximate surface area is 102 Å². The first-order valence-electron chi connectivity index (χ1n) is 6.26. The number of rotatable bonds is 6. The largest absolute Gasteiger partial charge is 0.481 e. The van der Waals surface area contributed by atoms with Crippen LogP contribution in [0, 0.1) is 5.92 Å². The second kappa shape index (κ2) is 7.27. The van der Waals surface area contributed by atoms with Crippen molar-refractivity contribution in [3.8, 4) is 0 Å². The van der Waals surface area contributed by atoms with Crippen LogP contribution in [-0.4, -0.2) is 48.6 Å². The molecule has 1 heterocycles. The van der Waals surface area contributed by atoms with Gasteiger partial charge in [0.1, 0.15) is 0 Å². The molecule has 98 valence electrons. The summed E-state index contributed by atoms with van der Waals surface area (Å²) in [7, 11) is 1.65. The van der Waals surface area contributed by atoms with Gasteiger partial charge in [-0.15, -0.1) is 0 Å². The molecule has 0 radical (unpaired) electrons. The Morgan fingerprint density at radius 3 is 2.82 bits per heavy atom. The number of carboxylic acids is 1. The van der Waals surface area contributed by atoms with E-state index < -0.39 is 5.97 Å². The summed E-state index contributed by atoms with van der Waals surface area (Å²) in [5.41, 5.74) is 0. The molecule has 17 heavy (non-hydrogen) atoms. The minimum absolute atomic E-state index is 0.0673. The maximum atomic E-state index is 11.1. The quantitative estimate of drug-likeness (QED) is 0.719. The van der Waals surface area contributed by atoms with Crippen molar-refractivity contribution in [1.29, 1.82) is 0 Å². The van der Waals surface area contributed by atoms with E-state index in [0.29, 0.717) is 12.3 Å². The lowest BCUT2D eigenvalue weighted by atomic mass is 9.93. The van der Waals surface area contributed by atoms with Crippen LogP contribution in [0.4, 0.5) is 0 Å². The lowest BCUT2D eigenvalue weighted by Crippen LogP contribution is -2.37. The summed E-state index contributed by atoms with van der Waals surface area (Å²) in [6.45, 7) is 2.74. The van der Waals surface area contributed by atoms with Gasteiger partial charge in [0.25, 0.3) is 0 Å². The minimum Gasteiger partial charge on any atom is -0.481 e. The van der Waals surface area contributed by atoms with Gasteiger partial charge in [0.05, 0.1) is 0 Å². The third-order valence-corrected chi connectivity index (χ3v) is 3.30. The third kappa shape index (κ3) is 5.68. The first-order chi connectivity index (χ1) is 8.11. The number of hydrogen-bond donors (Lipinski definition) is 2. The van der Waals surface area contributed by atoms with E-state index in [-0.39, 0.29) is 12.3 Å². The van der Waals surface area contributed by atoms with E-state index in [9.17, 15) is 9.59 Å². The summed E-state index contributed by atoms with van der Waals surface area (Å²) in [5.74, 6) is -0.172. The smallest absolute Gasteiger partial charge is 0.303 e. The average Bonchev–Trinajstić information content (AvgIpc) is 2.34. The third-order valence-electron chi connectivity index (χ3n) is 3.30. The molecule has 0 bridgehead atoms. The Balaban J connectivity index is 2.23. The monoisotopic (exact) mass is 242 g/mol. The maximum Gasteiger partial charge on any atom is 0.303 e. The first kappa shape index (κ1) is 14.0. The SMILES string of the molecule is CNC(=O)CCN1CCCC(CCC(=O)O)C1. The van der Waals surface area contributed by atoms with Gasteiger partial charge in [-0.1, -0.05) is 0 Å². The molecule has 0 aliphatic carbocycles. The molecule has 5 heteroatoms. The molecule has 1 atom stereocenters. The van der Waals surface area contributed by atoms with Crippen LogP contribution in [-0.2, 0) is 9.59 Å². The van der Waals surface area contributed by atoms with Crippen molar-refractivity contribution in [3.63, 3.8) is 0 Å². The predicted molar refractivity (Wildman–Crippen MR) is 64.7 cm³/mol. The van der Waals surface area contributed by atoms with Crippen molar-refractivity contribution in [2.24, 2.45) is 5.92 Å². The molecule has 0 aromatic heterocycles. The van der Waals surface area contributed by atoms with E-state index in [4.69, 9.17) is 5.11 Å². The van der Waals surface area contributed by atoms with Crippen molar-refractivity contribution in [2.75, 3.05) is 26.7 Å². The van der Waals surface area contributed by atoms with E-state index in [2.05, 4.69) is 10.2 Å². The number of nitrogens with one attached hydrogen (secondary N) is 1. The topological polar surface area (TPSA) is 69.6 Å². The fourth-order valence-electron chi connectivity index (χ4n) is 2.30. The Morgan fingerprint density at radius 1 is 1.41 bits per heavy atom. The van der Waals surface area contributed by atoms with Crippen LogP contribution < -0.4 is 5.32 Å². The van der Waals surface area contributed by atoms with Gasteiger partial charge in [0, 0.05) is 33.0 Å². The van der Waals surface area contributed by atoms with Crippen molar-refractivity contribution < 1.29 is 14.7 Å². The molecule has 5 nitrogen and oxygen atoms in total. The van der Waals surface area contributed by atoms with E-state index >= 15 is 0 Å². The maximum absolute atomic E-state index is 11.1. The summed E-state index contributed by atoms with van der Waals surface area (Å²) in [6, 6.07) is 0. The summed E-state index contributed by atoms with van der Waals surface area (Å²) in [4.78, 5) is 23.9. The standard InChI is InChI=1S/C12H22N2O3/c1-13-11(15)6-8-14-7-2-3-10(9-14)4-5-12(16)17/h10H,2-9H2,1H3,(H,13,15)(H,16,17). The molecule has 1 fully saturated rings. The van der Waals surface area contributed by atoms with Gasteiger partial charge >= 0.3 is 5.97 Å². The van der Waals surface area contributed by atoms with Gasteiger partial charge < -0.3 is 15.3 Å². The second-order valence-electron chi connectivity index (χ2n) is 4.66. The van der Waals surface area contributed by atoms with Gasteiger partial charge in [-0.05, 0) is 31.7 Å². The number of carboxylic acid groups (broad SMARTS) is 1. The fraction of sp³-hybridized carbons (Fsp3) is 0.833. The molecule has 1 amide bonds. The van der Waals surface area contributed by atoms with Gasteiger partial charge in [0.15, 0.2) is 0 Å². The number of piperidine rings is 1. The van der Waals surface area contributed by atoms with Crippen LogP contribution in [0.15, 0.2) is 0 Å². The Bertz CT molecular complexity index is 268. The van der Waals surface area contributed by atoms with Gasteiger partial charge in [-0.25, -0.2) is 0 Å². The number of carbonyl (C=O) groups is 2. The molecular weight excluding hydrogens is 220 g/mol. The highest BCUT2D eigenvalue weighted by Gasteiger charge is 2.20. The predicted octanol–water partition coefficient (Wildman–Crippen LogP) is 0.699. The lowest BCUT2D eigenvalue weighted by molar-refractivity contribution is -0.137. The highest BCUT2D eigenvalue weighted by molar-refractivity contribution is 5.75. The molecule has 2 N–H and O–H groups in total. The second-order valence-corrected chi connectivity index (χ2v) is 4.66.